The summed E-state index contributed by atoms with van der Waals surface area (Å²) in [5, 5.41) is 7.75. The number of amides is 3. The second kappa shape index (κ2) is 8.74. The van der Waals surface area contributed by atoms with Crippen molar-refractivity contribution >= 4 is 29.6 Å². The number of fused-ring (bicyclic) bond motifs is 5. The average Bonchev–Trinajstić information content (AvgIpc) is 3.52. The van der Waals surface area contributed by atoms with E-state index in [1.807, 2.05) is 12.2 Å². The van der Waals surface area contributed by atoms with Gasteiger partial charge < -0.3 is 14.8 Å². The largest absolute Gasteiger partial charge is 0.493 e. The number of hydrogen-bond donors (Lipinski definition) is 1. The normalized spacial score (nSPS) is 24.7. The fraction of sp³-hybridized carbons (Fsp3) is 0.280. The van der Waals surface area contributed by atoms with Crippen LogP contribution < -0.4 is 14.8 Å². The standard InChI is InChI=1S/C25H22FN3O5/c1-33-20-10-14(2-9-19(20)34-13-21(30)28-18-7-5-17(26)6-8-18)12-27-29-24(31)22-15-3-4-16(11-15)23(22)25(29)32/h2-10,12,15-16,22-23H,11,13H2,1H3,(H,28,30). The van der Waals surface area contributed by atoms with Crippen LogP contribution in [0.3, 0.4) is 0 Å². The average molecular weight is 463 g/mol. The van der Waals surface area contributed by atoms with E-state index in [1.54, 1.807) is 18.2 Å². The summed E-state index contributed by atoms with van der Waals surface area (Å²) < 4.78 is 23.9. The van der Waals surface area contributed by atoms with Gasteiger partial charge in [-0.2, -0.15) is 10.1 Å². The maximum Gasteiger partial charge on any atom is 0.262 e. The molecule has 0 aromatic heterocycles. The molecular weight excluding hydrogens is 441 g/mol. The van der Waals surface area contributed by atoms with Crippen LogP contribution in [-0.2, 0) is 14.4 Å². The third-order valence-corrected chi connectivity index (χ3v) is 6.44. The molecule has 8 nitrogen and oxygen atoms in total. The fourth-order valence-electron chi connectivity index (χ4n) is 4.88. The molecule has 3 aliphatic rings. The molecule has 1 heterocycles. The van der Waals surface area contributed by atoms with Crippen LogP contribution in [0.5, 0.6) is 11.5 Å². The minimum Gasteiger partial charge on any atom is -0.493 e. The van der Waals surface area contributed by atoms with Gasteiger partial charge in [-0.05, 0) is 66.3 Å². The van der Waals surface area contributed by atoms with Crippen molar-refractivity contribution in [2.75, 3.05) is 19.0 Å². The molecule has 34 heavy (non-hydrogen) atoms. The van der Waals surface area contributed by atoms with E-state index in [2.05, 4.69) is 10.4 Å². The third-order valence-electron chi connectivity index (χ3n) is 6.44. The molecule has 174 valence electrons. The molecule has 4 unspecified atom stereocenters. The molecule has 1 saturated heterocycles. The first kappa shape index (κ1) is 21.8. The molecular formula is C25H22FN3O5. The van der Waals surface area contributed by atoms with E-state index >= 15 is 0 Å². The van der Waals surface area contributed by atoms with Crippen LogP contribution in [-0.4, -0.2) is 42.7 Å². The van der Waals surface area contributed by atoms with E-state index in [0.717, 1.165) is 11.4 Å². The first-order chi connectivity index (χ1) is 16.4. The molecule has 2 fully saturated rings. The van der Waals surface area contributed by atoms with Crippen LogP contribution >= 0.6 is 0 Å². The van der Waals surface area contributed by atoms with Crippen molar-refractivity contribution in [3.63, 3.8) is 0 Å². The smallest absolute Gasteiger partial charge is 0.262 e. The van der Waals surface area contributed by atoms with Crippen LogP contribution in [0.15, 0.2) is 59.7 Å². The van der Waals surface area contributed by atoms with Crippen molar-refractivity contribution in [2.24, 2.45) is 28.8 Å². The SMILES string of the molecule is COc1cc(C=NN2C(=O)C3C4C=CC(C4)C3C2=O)ccc1OCC(=O)Nc1ccc(F)cc1. The number of nitrogens with one attached hydrogen (secondary N) is 1. The van der Waals surface area contributed by atoms with Gasteiger partial charge in [0, 0.05) is 5.69 Å². The number of hydrazone groups is 1. The van der Waals surface area contributed by atoms with Gasteiger partial charge in [0.25, 0.3) is 17.7 Å². The topological polar surface area (TPSA) is 97.3 Å². The van der Waals surface area contributed by atoms with Crippen LogP contribution in [0.2, 0.25) is 0 Å². The zero-order chi connectivity index (χ0) is 23.8. The maximum atomic E-state index is 13.0. The Bertz CT molecular complexity index is 1180. The molecule has 1 N–H and O–H groups in total. The summed E-state index contributed by atoms with van der Waals surface area (Å²) in [4.78, 5) is 37.6. The van der Waals surface area contributed by atoms with Gasteiger partial charge in [-0.25, -0.2) is 4.39 Å². The second-order valence-corrected chi connectivity index (χ2v) is 8.49. The lowest BCUT2D eigenvalue weighted by Crippen LogP contribution is -2.28. The number of anilines is 1. The highest BCUT2D eigenvalue weighted by molar-refractivity contribution is 6.06. The third kappa shape index (κ3) is 3.93. The van der Waals surface area contributed by atoms with Crippen molar-refractivity contribution in [3.8, 4) is 11.5 Å². The van der Waals surface area contributed by atoms with E-state index in [1.165, 1.54) is 37.6 Å². The van der Waals surface area contributed by atoms with Crippen molar-refractivity contribution in [3.05, 3.63) is 66.0 Å². The van der Waals surface area contributed by atoms with Gasteiger partial charge in [0.15, 0.2) is 18.1 Å². The fourth-order valence-corrected chi connectivity index (χ4v) is 4.88. The Balaban J connectivity index is 1.22. The molecule has 2 bridgehead atoms. The van der Waals surface area contributed by atoms with E-state index in [4.69, 9.17) is 9.47 Å². The number of carbonyl (C=O) groups is 3. The maximum absolute atomic E-state index is 13.0. The molecule has 1 aliphatic heterocycles. The summed E-state index contributed by atoms with van der Waals surface area (Å²) in [6, 6.07) is 10.3. The van der Waals surface area contributed by atoms with E-state index in [9.17, 15) is 18.8 Å². The quantitative estimate of drug-likeness (QED) is 0.387. The van der Waals surface area contributed by atoms with Crippen molar-refractivity contribution in [2.45, 2.75) is 6.42 Å². The van der Waals surface area contributed by atoms with Crippen LogP contribution in [0.25, 0.3) is 0 Å². The molecule has 2 aromatic carbocycles. The summed E-state index contributed by atoms with van der Waals surface area (Å²) in [6.45, 7) is -0.281. The Kier molecular flexibility index (Phi) is 5.61. The summed E-state index contributed by atoms with van der Waals surface area (Å²) in [6.07, 6.45) is 6.37. The van der Waals surface area contributed by atoms with E-state index in [-0.39, 0.29) is 42.1 Å². The highest BCUT2D eigenvalue weighted by Crippen LogP contribution is 2.52. The molecule has 5 rings (SSSR count). The Morgan fingerprint density at radius 2 is 1.76 bits per heavy atom. The van der Waals surface area contributed by atoms with Crippen molar-refractivity contribution < 1.29 is 28.2 Å². The van der Waals surface area contributed by atoms with E-state index in [0.29, 0.717) is 22.7 Å². The number of carbonyl (C=O) groups excluding carboxylic acids is 3. The number of halogens is 1. The number of methoxy groups -OCH3 is 1. The number of rotatable bonds is 7. The Hall–Kier alpha value is -4.01. The number of benzene rings is 2. The molecule has 0 radical (unpaired) electrons. The van der Waals surface area contributed by atoms with Gasteiger partial charge in [-0.1, -0.05) is 12.2 Å². The molecule has 2 aromatic rings. The predicted molar refractivity (Wildman–Crippen MR) is 121 cm³/mol. The van der Waals surface area contributed by atoms with Gasteiger partial charge in [0.05, 0.1) is 25.2 Å². The molecule has 4 atom stereocenters. The van der Waals surface area contributed by atoms with Gasteiger partial charge >= 0.3 is 0 Å². The predicted octanol–water partition coefficient (Wildman–Crippen LogP) is 2.99. The summed E-state index contributed by atoms with van der Waals surface area (Å²) in [7, 11) is 1.46. The van der Waals surface area contributed by atoms with Gasteiger partial charge in [0.1, 0.15) is 5.82 Å². The highest BCUT2D eigenvalue weighted by Gasteiger charge is 2.59. The highest BCUT2D eigenvalue weighted by atomic mass is 19.1. The van der Waals surface area contributed by atoms with Gasteiger partial charge in [0.2, 0.25) is 0 Å². The van der Waals surface area contributed by atoms with Crippen LogP contribution in [0.1, 0.15) is 12.0 Å². The zero-order valence-electron chi connectivity index (χ0n) is 18.3. The Morgan fingerprint density at radius 3 is 2.41 bits per heavy atom. The summed E-state index contributed by atoms with van der Waals surface area (Å²) in [5.74, 6) is -0.961. The van der Waals surface area contributed by atoms with Crippen molar-refractivity contribution in [1.29, 1.82) is 0 Å². The lowest BCUT2D eigenvalue weighted by molar-refractivity contribution is -0.140. The number of ether oxygens (including phenoxy) is 2. The molecule has 0 spiro atoms. The number of nitrogens with zero attached hydrogens (tertiary/aromatic N) is 2. The minimum atomic E-state index is -0.417. The lowest BCUT2D eigenvalue weighted by atomic mass is 9.85. The molecule has 9 heteroatoms. The second-order valence-electron chi connectivity index (χ2n) is 8.49. The first-order valence-corrected chi connectivity index (χ1v) is 10.9. The zero-order valence-corrected chi connectivity index (χ0v) is 18.3. The lowest BCUT2D eigenvalue weighted by Gasteiger charge is -2.13. The summed E-state index contributed by atoms with van der Waals surface area (Å²) >= 11 is 0. The van der Waals surface area contributed by atoms with Gasteiger partial charge in [-0.3, -0.25) is 14.4 Å². The van der Waals surface area contributed by atoms with E-state index < -0.39 is 11.7 Å². The molecule has 1 saturated carbocycles. The number of allylic oxidation sites excluding steroid dienone is 2. The number of imide groups is 1. The Morgan fingerprint density at radius 1 is 1.09 bits per heavy atom. The minimum absolute atomic E-state index is 0.128. The first-order valence-electron chi connectivity index (χ1n) is 10.9. The monoisotopic (exact) mass is 463 g/mol. The molecule has 3 amide bonds. The van der Waals surface area contributed by atoms with Crippen LogP contribution in [0, 0.1) is 29.5 Å². The Labute approximate surface area is 195 Å². The van der Waals surface area contributed by atoms with Gasteiger partial charge in [-0.15, -0.1) is 0 Å². The van der Waals surface area contributed by atoms with Crippen molar-refractivity contribution in [1.82, 2.24) is 5.01 Å². The number of hydrogen-bond acceptors (Lipinski definition) is 6. The molecule has 2 aliphatic carbocycles. The summed E-state index contributed by atoms with van der Waals surface area (Å²) in [5.41, 5.74) is 1.05. The van der Waals surface area contributed by atoms with Crippen LogP contribution in [0.4, 0.5) is 10.1 Å².